The summed E-state index contributed by atoms with van der Waals surface area (Å²) < 4.78 is 0. The van der Waals surface area contributed by atoms with E-state index in [4.69, 9.17) is 0 Å². The second kappa shape index (κ2) is 15.3. The van der Waals surface area contributed by atoms with Crippen LogP contribution in [0.3, 0.4) is 0 Å². The van der Waals surface area contributed by atoms with Crippen LogP contribution >= 0.6 is 0 Å². The van der Waals surface area contributed by atoms with Gasteiger partial charge in [-0.3, -0.25) is 0 Å². The zero-order valence-corrected chi connectivity index (χ0v) is 22.4. The molecule has 0 spiro atoms. The molecule has 1 saturated carbocycles. The molecule has 0 radical (unpaired) electrons. The van der Waals surface area contributed by atoms with E-state index in [1.54, 1.807) is 0 Å². The van der Waals surface area contributed by atoms with Crippen molar-refractivity contribution in [1.29, 1.82) is 5.26 Å². The fourth-order valence-electron chi connectivity index (χ4n) is 4.56. The van der Waals surface area contributed by atoms with Gasteiger partial charge in [0.15, 0.2) is 0 Å². The molecule has 1 aliphatic heterocycles. The molecule has 0 saturated heterocycles. The average Bonchev–Trinajstić information content (AvgIpc) is 3.52. The molecule has 2 aliphatic rings. The van der Waals surface area contributed by atoms with Gasteiger partial charge in [-0.1, -0.05) is 91.5 Å². The molecule has 0 bridgehead atoms. The van der Waals surface area contributed by atoms with Crippen molar-refractivity contribution in [2.45, 2.75) is 93.9 Å². The molecule has 2 aromatic carbocycles. The molecule has 0 amide bonds. The molecule has 1 aliphatic carbocycles. The van der Waals surface area contributed by atoms with Crippen molar-refractivity contribution < 1.29 is 0 Å². The number of benzene rings is 2. The summed E-state index contributed by atoms with van der Waals surface area (Å²) in [6.07, 6.45) is 10.3. The minimum Gasteiger partial charge on any atom is -0.384 e. The number of allylic oxidation sites excluding steroid dienone is 1. The summed E-state index contributed by atoms with van der Waals surface area (Å²) >= 11 is 0. The Morgan fingerprint density at radius 2 is 1.70 bits per heavy atom. The van der Waals surface area contributed by atoms with Gasteiger partial charge in [0.1, 0.15) is 0 Å². The van der Waals surface area contributed by atoms with Crippen LogP contribution in [0.15, 0.2) is 36.4 Å². The number of fused-ring (bicyclic) bond motifs is 1. The molecule has 1 N–H and O–H groups in total. The van der Waals surface area contributed by atoms with E-state index < -0.39 is 0 Å². The zero-order valence-electron chi connectivity index (χ0n) is 22.4. The number of nitrogens with one attached hydrogen (secondary N) is 1. The molecule has 1 heterocycles. The van der Waals surface area contributed by atoms with E-state index in [1.165, 1.54) is 59.2 Å². The molecule has 180 valence electrons. The zero-order chi connectivity index (χ0) is 24.8. The van der Waals surface area contributed by atoms with E-state index in [0.717, 1.165) is 36.4 Å². The Bertz CT molecular complexity index is 925. The van der Waals surface area contributed by atoms with Gasteiger partial charge in [0, 0.05) is 12.2 Å². The number of hydrogen-bond donors (Lipinski definition) is 1. The Hall–Kier alpha value is -2.53. The average molecular weight is 447 g/mol. The first-order valence-corrected chi connectivity index (χ1v) is 13.1. The molecule has 2 heteroatoms. The third-order valence-corrected chi connectivity index (χ3v) is 6.19. The summed E-state index contributed by atoms with van der Waals surface area (Å²) in [6, 6.07) is 13.0. The van der Waals surface area contributed by atoms with Crippen LogP contribution in [0.4, 0.5) is 5.69 Å². The fourth-order valence-corrected chi connectivity index (χ4v) is 4.56. The number of anilines is 1. The number of nitrogens with zero attached hydrogens (tertiary/aromatic N) is 1. The summed E-state index contributed by atoms with van der Waals surface area (Å²) in [5.41, 5.74) is 9.40. The summed E-state index contributed by atoms with van der Waals surface area (Å²) in [6.45, 7) is 17.6. The normalized spacial score (nSPS) is 14.3. The van der Waals surface area contributed by atoms with Crippen LogP contribution in [0.1, 0.15) is 107 Å². The molecule has 0 atom stereocenters. The summed E-state index contributed by atoms with van der Waals surface area (Å²) in [5.74, 6) is 1.05. The van der Waals surface area contributed by atoms with Crippen LogP contribution in [0.2, 0.25) is 0 Å². The van der Waals surface area contributed by atoms with Gasteiger partial charge < -0.3 is 5.32 Å². The third-order valence-electron chi connectivity index (χ3n) is 6.19. The van der Waals surface area contributed by atoms with Gasteiger partial charge in [-0.25, -0.2) is 0 Å². The Morgan fingerprint density at radius 3 is 2.24 bits per heavy atom. The topological polar surface area (TPSA) is 35.8 Å². The smallest absolute Gasteiger partial charge is 0.0994 e. The highest BCUT2D eigenvalue weighted by molar-refractivity contribution is 5.86. The molecule has 2 nitrogen and oxygen atoms in total. The van der Waals surface area contributed by atoms with E-state index in [2.05, 4.69) is 62.5 Å². The highest BCUT2D eigenvalue weighted by Crippen LogP contribution is 2.35. The SMILES string of the molecule is CC.CC.CC/C=C(\c1cc(C#N)c(C)cc1C)c1cccc2c1CCN2.CC1CCCC1. The predicted molar refractivity (Wildman–Crippen MR) is 147 cm³/mol. The largest absolute Gasteiger partial charge is 0.384 e. The van der Waals surface area contributed by atoms with E-state index in [9.17, 15) is 5.26 Å². The van der Waals surface area contributed by atoms with Crippen molar-refractivity contribution in [3.63, 3.8) is 0 Å². The number of nitriles is 1. The van der Waals surface area contributed by atoms with Gasteiger partial charge in [-0.05, 0) is 78.1 Å². The lowest BCUT2D eigenvalue weighted by Gasteiger charge is -2.16. The predicted octanol–water partition coefficient (Wildman–Crippen LogP) is 9.23. The monoisotopic (exact) mass is 446 g/mol. The first kappa shape index (κ1) is 28.5. The number of rotatable bonds is 3. The maximum Gasteiger partial charge on any atom is 0.0994 e. The lowest BCUT2D eigenvalue weighted by atomic mass is 9.88. The highest BCUT2D eigenvalue weighted by Gasteiger charge is 2.18. The van der Waals surface area contributed by atoms with Crippen LogP contribution in [-0.4, -0.2) is 6.54 Å². The van der Waals surface area contributed by atoms with Crippen LogP contribution in [-0.2, 0) is 6.42 Å². The minimum absolute atomic E-state index is 0.762. The van der Waals surface area contributed by atoms with Gasteiger partial charge in [0.2, 0.25) is 0 Å². The summed E-state index contributed by atoms with van der Waals surface area (Å²) in [5, 5.41) is 12.8. The van der Waals surface area contributed by atoms with Crippen molar-refractivity contribution in [1.82, 2.24) is 0 Å². The van der Waals surface area contributed by atoms with Crippen molar-refractivity contribution >= 4 is 11.3 Å². The van der Waals surface area contributed by atoms with Gasteiger partial charge in [0.25, 0.3) is 0 Å². The van der Waals surface area contributed by atoms with Gasteiger partial charge in [-0.2, -0.15) is 5.26 Å². The molecule has 4 rings (SSSR count). The highest BCUT2D eigenvalue weighted by atomic mass is 14.9. The van der Waals surface area contributed by atoms with Crippen LogP contribution in [0.25, 0.3) is 5.57 Å². The third kappa shape index (κ3) is 7.78. The van der Waals surface area contributed by atoms with Gasteiger partial charge in [-0.15, -0.1) is 0 Å². The Labute approximate surface area is 204 Å². The molecule has 0 aromatic heterocycles. The Balaban J connectivity index is 0.000000460. The van der Waals surface area contributed by atoms with Crippen molar-refractivity contribution in [3.05, 3.63) is 69.8 Å². The summed E-state index contributed by atoms with van der Waals surface area (Å²) in [7, 11) is 0. The maximum atomic E-state index is 9.39. The lowest BCUT2D eigenvalue weighted by Crippen LogP contribution is -1.98. The van der Waals surface area contributed by atoms with E-state index in [-0.39, 0.29) is 0 Å². The van der Waals surface area contributed by atoms with E-state index in [1.807, 2.05) is 40.7 Å². The Kier molecular flexibility index (Phi) is 13.2. The quantitative estimate of drug-likeness (QED) is 0.510. The second-order valence-corrected chi connectivity index (χ2v) is 8.52. The minimum atomic E-state index is 0.762. The maximum absolute atomic E-state index is 9.39. The molecule has 0 unspecified atom stereocenters. The first-order valence-electron chi connectivity index (χ1n) is 13.1. The van der Waals surface area contributed by atoms with Crippen LogP contribution in [0.5, 0.6) is 0 Å². The number of hydrogen-bond acceptors (Lipinski definition) is 2. The van der Waals surface area contributed by atoms with E-state index >= 15 is 0 Å². The van der Waals surface area contributed by atoms with Gasteiger partial charge in [0.05, 0.1) is 11.6 Å². The van der Waals surface area contributed by atoms with Crippen LogP contribution in [0, 0.1) is 31.1 Å². The lowest BCUT2D eigenvalue weighted by molar-refractivity contribution is 0.612. The molecule has 33 heavy (non-hydrogen) atoms. The molecule has 1 fully saturated rings. The first-order chi connectivity index (χ1) is 16.0. The molecular formula is C31H46N2. The standard InChI is InChI=1S/C21H22N2.C6H12.2C2H6/c1-4-6-17(18-7-5-8-21-19(18)9-10-23-21)20-12-16(13-22)14(2)11-15(20)3;1-6-4-2-3-5-6;2*1-2/h5-8,11-12,23H,4,9-10H2,1-3H3;6H,2-5H2,1H3;2*1-2H3/b17-6-;;;. The fraction of sp³-hybridized carbons (Fsp3) is 0.516. The number of aryl methyl sites for hydroxylation is 2. The van der Waals surface area contributed by atoms with Crippen molar-refractivity contribution in [3.8, 4) is 6.07 Å². The summed E-state index contributed by atoms with van der Waals surface area (Å²) in [4.78, 5) is 0. The second-order valence-electron chi connectivity index (χ2n) is 8.52. The Morgan fingerprint density at radius 1 is 1.03 bits per heavy atom. The van der Waals surface area contributed by atoms with Crippen molar-refractivity contribution in [2.75, 3.05) is 11.9 Å². The van der Waals surface area contributed by atoms with Gasteiger partial charge >= 0.3 is 0 Å². The molecule has 2 aromatic rings. The van der Waals surface area contributed by atoms with Crippen LogP contribution < -0.4 is 5.32 Å². The van der Waals surface area contributed by atoms with E-state index in [0.29, 0.717) is 0 Å². The molecular weight excluding hydrogens is 400 g/mol. The van der Waals surface area contributed by atoms with Crippen molar-refractivity contribution in [2.24, 2.45) is 5.92 Å².